The van der Waals surface area contributed by atoms with Gasteiger partial charge in [0.25, 0.3) is 0 Å². The summed E-state index contributed by atoms with van der Waals surface area (Å²) in [6, 6.07) is 2.41. The van der Waals surface area contributed by atoms with Crippen LogP contribution in [0.3, 0.4) is 0 Å². The van der Waals surface area contributed by atoms with Crippen molar-refractivity contribution < 1.29 is 19.0 Å². The highest BCUT2D eigenvalue weighted by Crippen LogP contribution is 2.13. The van der Waals surface area contributed by atoms with Crippen molar-refractivity contribution in [3.05, 3.63) is 29.8 Å². The minimum atomic E-state index is -1.15. The predicted molar refractivity (Wildman–Crippen MR) is 41.6 cm³/mol. The maximum Gasteiger partial charge on any atom is 0.339 e. The van der Waals surface area contributed by atoms with Crippen molar-refractivity contribution in [3.63, 3.8) is 0 Å². The average Bonchev–Trinajstić information content (AvgIpc) is 2.09. The summed E-state index contributed by atoms with van der Waals surface area (Å²) >= 11 is 0. The normalized spacial score (nSPS) is 12.5. The Hall–Kier alpha value is -1.49. The molecule has 13 heavy (non-hydrogen) atoms. The first-order valence-corrected chi connectivity index (χ1v) is 3.52. The zero-order valence-corrected chi connectivity index (χ0v) is 6.90. The molecule has 0 amide bonds. The van der Waals surface area contributed by atoms with E-state index in [0.29, 0.717) is 0 Å². The van der Waals surface area contributed by atoms with Gasteiger partial charge in [0.2, 0.25) is 0 Å². The van der Waals surface area contributed by atoms with E-state index in [1.807, 2.05) is 0 Å². The molecule has 1 aromatic heterocycles. The van der Waals surface area contributed by atoms with Gasteiger partial charge in [-0.15, -0.1) is 0 Å². The Bertz CT molecular complexity index is 299. The first kappa shape index (κ1) is 9.60. The van der Waals surface area contributed by atoms with Crippen molar-refractivity contribution in [3.8, 4) is 0 Å². The number of halogens is 1. The monoisotopic (exact) mass is 185 g/mol. The molecule has 0 aliphatic rings. The van der Waals surface area contributed by atoms with Crippen molar-refractivity contribution in [2.24, 2.45) is 0 Å². The van der Waals surface area contributed by atoms with Crippen molar-refractivity contribution >= 4 is 5.97 Å². The summed E-state index contributed by atoms with van der Waals surface area (Å²) in [6.07, 6.45) is -0.190. The second kappa shape index (κ2) is 3.95. The Labute approximate surface area is 74.0 Å². The van der Waals surface area contributed by atoms with E-state index in [2.05, 4.69) is 9.72 Å². The number of pyridine rings is 1. The lowest BCUT2D eigenvalue weighted by atomic mass is 10.2. The third-order valence-electron chi connectivity index (χ3n) is 1.48. The van der Waals surface area contributed by atoms with Crippen LogP contribution in [0, 0.1) is 5.82 Å². The van der Waals surface area contributed by atoms with E-state index in [9.17, 15) is 9.18 Å². The molecule has 1 N–H and O–H groups in total. The minimum absolute atomic E-state index is 0.177. The summed E-state index contributed by atoms with van der Waals surface area (Å²) in [4.78, 5) is 14.1. The van der Waals surface area contributed by atoms with Gasteiger partial charge in [0.15, 0.2) is 6.10 Å². The fourth-order valence-electron chi connectivity index (χ4n) is 0.890. The first-order valence-electron chi connectivity index (χ1n) is 3.52. The highest BCUT2D eigenvalue weighted by atomic mass is 19.1. The van der Waals surface area contributed by atoms with Crippen LogP contribution in [-0.4, -0.2) is 23.2 Å². The van der Waals surface area contributed by atoms with Crippen LogP contribution in [0.5, 0.6) is 0 Å². The van der Waals surface area contributed by atoms with Crippen LogP contribution in [0.25, 0.3) is 0 Å². The summed E-state index contributed by atoms with van der Waals surface area (Å²) < 4.78 is 17.1. The summed E-state index contributed by atoms with van der Waals surface area (Å²) in [5, 5.41) is 8.64. The number of rotatable bonds is 3. The summed E-state index contributed by atoms with van der Waals surface area (Å²) in [5.41, 5.74) is 0.177. The molecule has 0 bridgehead atoms. The molecule has 1 atom stereocenters. The van der Waals surface area contributed by atoms with Crippen LogP contribution in [0.4, 0.5) is 4.39 Å². The first-order chi connectivity index (χ1) is 6.15. The van der Waals surface area contributed by atoms with E-state index in [0.717, 1.165) is 12.3 Å². The average molecular weight is 185 g/mol. The Morgan fingerprint density at radius 3 is 2.77 bits per heavy atom. The zero-order valence-electron chi connectivity index (χ0n) is 6.90. The number of carboxylic acid groups (broad SMARTS) is 1. The smallest absolute Gasteiger partial charge is 0.339 e. The fraction of sp³-hybridized carbons (Fsp3) is 0.250. The number of aliphatic carboxylic acids is 1. The molecule has 0 aliphatic carbocycles. The molecular weight excluding hydrogens is 177 g/mol. The minimum Gasteiger partial charge on any atom is -0.479 e. The van der Waals surface area contributed by atoms with Gasteiger partial charge < -0.3 is 9.84 Å². The molecule has 0 fully saturated rings. The molecule has 0 aromatic carbocycles. The van der Waals surface area contributed by atoms with Crippen LogP contribution in [0.2, 0.25) is 0 Å². The molecular formula is C8H8FNO3. The molecule has 5 heteroatoms. The van der Waals surface area contributed by atoms with Gasteiger partial charge in [0.1, 0.15) is 5.82 Å². The Kier molecular flexibility index (Phi) is 2.92. The number of hydrogen-bond acceptors (Lipinski definition) is 3. The Balaban J connectivity index is 2.92. The molecule has 0 saturated heterocycles. The number of carbonyl (C=O) groups is 1. The van der Waals surface area contributed by atoms with Gasteiger partial charge >= 0.3 is 5.97 Å². The van der Waals surface area contributed by atoms with Gasteiger partial charge in [-0.3, -0.25) is 4.98 Å². The lowest BCUT2D eigenvalue weighted by Crippen LogP contribution is -2.14. The van der Waals surface area contributed by atoms with E-state index in [1.54, 1.807) is 0 Å². The number of nitrogens with zero attached hydrogens (tertiary/aromatic N) is 1. The van der Waals surface area contributed by atoms with Crippen LogP contribution in [0.1, 0.15) is 11.8 Å². The van der Waals surface area contributed by atoms with E-state index in [-0.39, 0.29) is 5.69 Å². The lowest BCUT2D eigenvalue weighted by molar-refractivity contribution is -0.149. The van der Waals surface area contributed by atoms with Gasteiger partial charge in [-0.2, -0.15) is 0 Å². The fourth-order valence-corrected chi connectivity index (χ4v) is 0.890. The highest BCUT2D eigenvalue weighted by Gasteiger charge is 2.19. The maximum atomic E-state index is 12.4. The van der Waals surface area contributed by atoms with Crippen LogP contribution < -0.4 is 0 Å². The van der Waals surface area contributed by atoms with Gasteiger partial charge in [-0.1, -0.05) is 0 Å². The maximum absolute atomic E-state index is 12.4. The van der Waals surface area contributed by atoms with Crippen LogP contribution >= 0.6 is 0 Å². The third-order valence-corrected chi connectivity index (χ3v) is 1.48. The Morgan fingerprint density at radius 1 is 1.69 bits per heavy atom. The van der Waals surface area contributed by atoms with Crippen molar-refractivity contribution in [2.75, 3.05) is 7.11 Å². The molecule has 4 nitrogen and oxygen atoms in total. The largest absolute Gasteiger partial charge is 0.479 e. The van der Waals surface area contributed by atoms with E-state index < -0.39 is 17.9 Å². The standard InChI is InChI=1S/C8H8FNO3/c1-13-7(8(11)12)6-3-2-5(9)4-10-6/h2-4,7H,1H3,(H,11,12)/t7-/m0/s1. The van der Waals surface area contributed by atoms with Crippen LogP contribution in [-0.2, 0) is 9.53 Å². The predicted octanol–water partition coefficient (Wildman–Crippen LogP) is 0.993. The second-order valence-electron chi connectivity index (χ2n) is 2.36. The second-order valence-corrected chi connectivity index (χ2v) is 2.36. The van der Waals surface area contributed by atoms with Gasteiger partial charge in [-0.05, 0) is 12.1 Å². The van der Waals surface area contributed by atoms with Crippen molar-refractivity contribution in [1.29, 1.82) is 0 Å². The highest BCUT2D eigenvalue weighted by molar-refractivity contribution is 5.73. The number of hydrogen-bond donors (Lipinski definition) is 1. The van der Waals surface area contributed by atoms with Crippen LogP contribution in [0.15, 0.2) is 18.3 Å². The number of carboxylic acids is 1. The number of ether oxygens (including phenoxy) is 1. The van der Waals surface area contributed by atoms with Crippen molar-refractivity contribution in [2.45, 2.75) is 6.10 Å². The molecule has 0 spiro atoms. The van der Waals surface area contributed by atoms with Crippen molar-refractivity contribution in [1.82, 2.24) is 4.98 Å². The van der Waals surface area contributed by atoms with E-state index in [1.165, 1.54) is 13.2 Å². The molecule has 1 heterocycles. The number of aromatic nitrogens is 1. The lowest BCUT2D eigenvalue weighted by Gasteiger charge is -2.08. The van der Waals surface area contributed by atoms with E-state index >= 15 is 0 Å². The summed E-state index contributed by atoms with van der Waals surface area (Å²) in [6.45, 7) is 0. The molecule has 1 aromatic rings. The van der Waals surface area contributed by atoms with E-state index in [4.69, 9.17) is 5.11 Å². The van der Waals surface area contributed by atoms with Gasteiger partial charge in [0, 0.05) is 7.11 Å². The zero-order chi connectivity index (χ0) is 9.84. The molecule has 0 radical (unpaired) electrons. The van der Waals surface area contributed by atoms with Gasteiger partial charge in [0.05, 0.1) is 11.9 Å². The topological polar surface area (TPSA) is 59.4 Å². The quantitative estimate of drug-likeness (QED) is 0.762. The molecule has 0 unspecified atom stereocenters. The van der Waals surface area contributed by atoms with Gasteiger partial charge in [-0.25, -0.2) is 9.18 Å². The summed E-state index contributed by atoms with van der Waals surface area (Å²) in [5.74, 6) is -1.66. The molecule has 70 valence electrons. The number of methoxy groups -OCH3 is 1. The molecule has 0 saturated carbocycles. The SMILES string of the molecule is CO[C@H](C(=O)O)c1ccc(F)cn1. The Morgan fingerprint density at radius 2 is 2.38 bits per heavy atom. The molecule has 0 aliphatic heterocycles. The summed E-state index contributed by atoms with van der Waals surface area (Å²) in [7, 11) is 1.25. The molecule has 1 rings (SSSR count). The third kappa shape index (κ3) is 2.22.